The van der Waals surface area contributed by atoms with Crippen molar-refractivity contribution in [2.45, 2.75) is 6.92 Å². The van der Waals surface area contributed by atoms with E-state index < -0.39 is 0 Å². The van der Waals surface area contributed by atoms with Gasteiger partial charge in [0, 0.05) is 13.1 Å². The zero-order valence-corrected chi connectivity index (χ0v) is 8.16. The first-order chi connectivity index (χ1) is 6.79. The monoisotopic (exact) mass is 197 g/mol. The molecule has 0 aliphatic rings. The summed E-state index contributed by atoms with van der Waals surface area (Å²) in [6.07, 6.45) is 1.40. The number of ether oxygens (including phenoxy) is 1. The second-order valence-electron chi connectivity index (χ2n) is 2.59. The fourth-order valence-corrected chi connectivity index (χ4v) is 0.963. The van der Waals surface area contributed by atoms with E-state index in [4.69, 9.17) is 16.2 Å². The summed E-state index contributed by atoms with van der Waals surface area (Å²) in [5.74, 6) is 0.968. The van der Waals surface area contributed by atoms with Crippen molar-refractivity contribution in [1.29, 1.82) is 0 Å². The molecule has 1 aromatic heterocycles. The van der Waals surface area contributed by atoms with Gasteiger partial charge in [-0.3, -0.25) is 0 Å². The zero-order valence-electron chi connectivity index (χ0n) is 8.16. The van der Waals surface area contributed by atoms with Crippen LogP contribution in [-0.4, -0.2) is 29.7 Å². The summed E-state index contributed by atoms with van der Waals surface area (Å²) in [5, 5.41) is 2.98. The molecule has 1 rings (SSSR count). The van der Waals surface area contributed by atoms with Gasteiger partial charge in [-0.1, -0.05) is 0 Å². The van der Waals surface area contributed by atoms with Gasteiger partial charge in [0.05, 0.1) is 6.61 Å². The molecule has 0 spiro atoms. The first kappa shape index (κ1) is 10.5. The Morgan fingerprint density at radius 2 is 2.29 bits per heavy atom. The van der Waals surface area contributed by atoms with Crippen LogP contribution >= 0.6 is 0 Å². The lowest BCUT2D eigenvalue weighted by Gasteiger charge is -2.09. The topological polar surface area (TPSA) is 99.1 Å². The SMILES string of the molecule is CCOc1ncnc(NCCN)c1N. The summed E-state index contributed by atoms with van der Waals surface area (Å²) in [6.45, 7) is 3.53. The molecular weight excluding hydrogens is 182 g/mol. The van der Waals surface area contributed by atoms with Gasteiger partial charge in [-0.2, -0.15) is 4.98 Å². The van der Waals surface area contributed by atoms with Crippen LogP contribution in [0.2, 0.25) is 0 Å². The minimum atomic E-state index is 0.405. The van der Waals surface area contributed by atoms with Crippen LogP contribution in [0.3, 0.4) is 0 Å². The highest BCUT2D eigenvalue weighted by atomic mass is 16.5. The van der Waals surface area contributed by atoms with Gasteiger partial charge < -0.3 is 21.5 Å². The highest BCUT2D eigenvalue weighted by Crippen LogP contribution is 2.23. The number of aromatic nitrogens is 2. The number of hydrogen-bond donors (Lipinski definition) is 3. The Morgan fingerprint density at radius 1 is 1.50 bits per heavy atom. The molecule has 0 unspecified atom stereocenters. The molecule has 0 aliphatic heterocycles. The molecule has 14 heavy (non-hydrogen) atoms. The van der Waals surface area contributed by atoms with E-state index >= 15 is 0 Å². The van der Waals surface area contributed by atoms with E-state index in [1.807, 2.05) is 6.92 Å². The molecule has 0 saturated carbocycles. The standard InChI is InChI=1S/C8H15N5O/c1-2-14-8-6(10)7(11-4-3-9)12-5-13-8/h5H,2-4,9-10H2,1H3,(H,11,12,13). The second-order valence-corrected chi connectivity index (χ2v) is 2.59. The summed E-state index contributed by atoms with van der Waals surface area (Å²) >= 11 is 0. The highest BCUT2D eigenvalue weighted by Gasteiger charge is 2.07. The normalized spacial score (nSPS) is 9.86. The third kappa shape index (κ3) is 2.46. The van der Waals surface area contributed by atoms with E-state index in [0.29, 0.717) is 37.1 Å². The Labute approximate surface area is 82.7 Å². The maximum absolute atomic E-state index is 5.76. The van der Waals surface area contributed by atoms with Crippen LogP contribution in [0.5, 0.6) is 5.88 Å². The average molecular weight is 197 g/mol. The molecule has 0 atom stereocenters. The van der Waals surface area contributed by atoms with Crippen molar-refractivity contribution in [3.8, 4) is 5.88 Å². The predicted octanol–water partition coefficient (Wildman–Crippen LogP) is -0.172. The van der Waals surface area contributed by atoms with Gasteiger partial charge in [0.2, 0.25) is 5.88 Å². The lowest BCUT2D eigenvalue weighted by atomic mass is 10.4. The molecule has 0 aliphatic carbocycles. The summed E-state index contributed by atoms with van der Waals surface area (Å²) in [4.78, 5) is 7.88. The quantitative estimate of drug-likeness (QED) is 0.606. The van der Waals surface area contributed by atoms with E-state index in [1.165, 1.54) is 6.33 Å². The molecule has 0 fully saturated rings. The fourth-order valence-electron chi connectivity index (χ4n) is 0.963. The number of nitrogen functional groups attached to an aromatic ring is 1. The van der Waals surface area contributed by atoms with Gasteiger partial charge in [0.25, 0.3) is 0 Å². The van der Waals surface area contributed by atoms with Crippen LogP contribution in [0.1, 0.15) is 6.92 Å². The van der Waals surface area contributed by atoms with E-state index in [-0.39, 0.29) is 0 Å². The molecule has 6 heteroatoms. The van der Waals surface area contributed by atoms with Crippen LogP contribution in [0.25, 0.3) is 0 Å². The number of nitrogens with zero attached hydrogens (tertiary/aromatic N) is 2. The number of hydrogen-bond acceptors (Lipinski definition) is 6. The van der Waals surface area contributed by atoms with E-state index in [9.17, 15) is 0 Å². The van der Waals surface area contributed by atoms with Gasteiger partial charge in [0.1, 0.15) is 12.0 Å². The molecule has 1 heterocycles. The Hall–Kier alpha value is -1.56. The fraction of sp³-hybridized carbons (Fsp3) is 0.500. The van der Waals surface area contributed by atoms with E-state index in [0.717, 1.165) is 0 Å². The minimum Gasteiger partial charge on any atom is -0.476 e. The van der Waals surface area contributed by atoms with Crippen LogP contribution in [0, 0.1) is 0 Å². The van der Waals surface area contributed by atoms with E-state index in [2.05, 4.69) is 15.3 Å². The van der Waals surface area contributed by atoms with Crippen LogP contribution in [-0.2, 0) is 0 Å². The maximum atomic E-state index is 5.76. The van der Waals surface area contributed by atoms with E-state index in [1.54, 1.807) is 0 Å². The second kappa shape index (κ2) is 5.23. The smallest absolute Gasteiger partial charge is 0.242 e. The van der Waals surface area contributed by atoms with Gasteiger partial charge >= 0.3 is 0 Å². The van der Waals surface area contributed by atoms with Gasteiger partial charge in [-0.15, -0.1) is 0 Å². The number of anilines is 2. The molecule has 0 amide bonds. The minimum absolute atomic E-state index is 0.405. The molecule has 0 aromatic carbocycles. The van der Waals surface area contributed by atoms with Gasteiger partial charge in [-0.25, -0.2) is 4.98 Å². The molecule has 78 valence electrons. The van der Waals surface area contributed by atoms with Crippen molar-refractivity contribution in [2.75, 3.05) is 30.7 Å². The molecule has 0 bridgehead atoms. The van der Waals surface area contributed by atoms with Crippen molar-refractivity contribution < 1.29 is 4.74 Å². The maximum Gasteiger partial charge on any atom is 0.242 e. The Morgan fingerprint density at radius 3 is 2.93 bits per heavy atom. The van der Waals surface area contributed by atoms with Gasteiger partial charge in [0.15, 0.2) is 5.82 Å². The third-order valence-corrected chi connectivity index (χ3v) is 1.57. The van der Waals surface area contributed by atoms with Crippen LogP contribution in [0.15, 0.2) is 6.33 Å². The Bertz CT molecular complexity index is 291. The molecule has 0 saturated heterocycles. The lowest BCUT2D eigenvalue weighted by Crippen LogP contribution is -2.15. The van der Waals surface area contributed by atoms with Crippen LogP contribution in [0.4, 0.5) is 11.5 Å². The molecule has 0 radical (unpaired) electrons. The van der Waals surface area contributed by atoms with Crippen molar-refractivity contribution in [3.63, 3.8) is 0 Å². The van der Waals surface area contributed by atoms with Crippen molar-refractivity contribution in [1.82, 2.24) is 9.97 Å². The molecule has 5 N–H and O–H groups in total. The van der Waals surface area contributed by atoms with Crippen molar-refractivity contribution in [3.05, 3.63) is 6.33 Å². The number of nitrogens with two attached hydrogens (primary N) is 2. The first-order valence-corrected chi connectivity index (χ1v) is 4.46. The summed E-state index contributed by atoms with van der Waals surface area (Å²) in [6, 6.07) is 0. The lowest BCUT2D eigenvalue weighted by molar-refractivity contribution is 0.328. The predicted molar refractivity (Wildman–Crippen MR) is 55.2 cm³/mol. The summed E-state index contributed by atoms with van der Waals surface area (Å²) in [7, 11) is 0. The third-order valence-electron chi connectivity index (χ3n) is 1.57. The average Bonchev–Trinajstić information content (AvgIpc) is 2.20. The van der Waals surface area contributed by atoms with Crippen LogP contribution < -0.4 is 21.5 Å². The molecule has 1 aromatic rings. The van der Waals surface area contributed by atoms with Crippen molar-refractivity contribution >= 4 is 11.5 Å². The van der Waals surface area contributed by atoms with Gasteiger partial charge in [-0.05, 0) is 6.92 Å². The molecular formula is C8H15N5O. The first-order valence-electron chi connectivity index (χ1n) is 4.46. The summed E-state index contributed by atoms with van der Waals surface area (Å²) in [5.41, 5.74) is 11.5. The summed E-state index contributed by atoms with van der Waals surface area (Å²) < 4.78 is 5.21. The number of nitrogens with one attached hydrogen (secondary N) is 1. The molecule has 6 nitrogen and oxygen atoms in total. The highest BCUT2D eigenvalue weighted by molar-refractivity contribution is 5.66. The zero-order chi connectivity index (χ0) is 10.4. The Balaban J connectivity index is 2.78. The largest absolute Gasteiger partial charge is 0.476 e. The van der Waals surface area contributed by atoms with Crippen molar-refractivity contribution in [2.24, 2.45) is 5.73 Å². The number of rotatable bonds is 5. The Kier molecular flexibility index (Phi) is 3.93.